The van der Waals surface area contributed by atoms with E-state index in [0.717, 1.165) is 36.6 Å². The number of fused-ring (bicyclic) bond motifs is 1. The molecule has 0 amide bonds. The van der Waals surface area contributed by atoms with Crippen molar-refractivity contribution < 1.29 is 19.0 Å². The van der Waals surface area contributed by atoms with E-state index < -0.39 is 0 Å². The fourth-order valence-electron chi connectivity index (χ4n) is 4.60. The summed E-state index contributed by atoms with van der Waals surface area (Å²) in [5.41, 5.74) is 1.67. The number of esters is 1. The Labute approximate surface area is 171 Å². The number of likely N-dealkylation sites (N-methyl/N-ethyl adjacent to an activating group) is 1. The van der Waals surface area contributed by atoms with E-state index in [1.807, 2.05) is 6.07 Å². The molecule has 4 rings (SSSR count). The number of rotatable bonds is 5. The highest BCUT2D eigenvalue weighted by Gasteiger charge is 2.48. The van der Waals surface area contributed by atoms with E-state index in [9.17, 15) is 4.79 Å². The van der Waals surface area contributed by atoms with E-state index in [2.05, 4.69) is 35.1 Å². The number of hydrogen-bond donors (Lipinski definition) is 0. The zero-order valence-corrected chi connectivity index (χ0v) is 17.1. The quantitative estimate of drug-likeness (QED) is 0.723. The van der Waals surface area contributed by atoms with E-state index in [0.29, 0.717) is 12.0 Å². The summed E-state index contributed by atoms with van der Waals surface area (Å²) < 4.78 is 16.6. The molecule has 0 unspecified atom stereocenters. The Morgan fingerprint density at radius 2 is 2.00 bits per heavy atom. The average molecular weight is 394 g/mol. The topological polar surface area (TPSA) is 60.9 Å². The van der Waals surface area contributed by atoms with Crippen molar-refractivity contribution in [2.75, 3.05) is 27.8 Å². The number of ether oxygens (including phenoxy) is 3. The highest BCUT2D eigenvalue weighted by atomic mass is 16.5. The summed E-state index contributed by atoms with van der Waals surface area (Å²) in [4.78, 5) is 18.8. The van der Waals surface area contributed by atoms with Crippen molar-refractivity contribution in [1.82, 2.24) is 9.88 Å². The lowest BCUT2D eigenvalue weighted by Gasteiger charge is -2.40. The van der Waals surface area contributed by atoms with Crippen LogP contribution in [0.15, 0.2) is 54.6 Å². The summed E-state index contributed by atoms with van der Waals surface area (Å²) >= 11 is 0. The first-order valence-electron chi connectivity index (χ1n) is 9.83. The normalized spacial score (nSPS) is 23.8. The minimum Gasteiger partial charge on any atom is -0.493 e. The van der Waals surface area contributed by atoms with Gasteiger partial charge >= 0.3 is 5.97 Å². The number of carbonyl (C=O) groups is 1. The van der Waals surface area contributed by atoms with Crippen molar-refractivity contribution in [3.8, 4) is 11.5 Å². The first-order chi connectivity index (χ1) is 14.1. The van der Waals surface area contributed by atoms with Crippen LogP contribution in [0.5, 0.6) is 11.5 Å². The van der Waals surface area contributed by atoms with Crippen LogP contribution < -0.4 is 9.47 Å². The molecular weight excluding hydrogens is 368 g/mol. The van der Waals surface area contributed by atoms with Gasteiger partial charge in [-0.05, 0) is 62.3 Å². The van der Waals surface area contributed by atoms with Crippen LogP contribution in [0.2, 0.25) is 0 Å². The molecule has 6 nitrogen and oxygen atoms in total. The van der Waals surface area contributed by atoms with Crippen LogP contribution >= 0.6 is 0 Å². The molecule has 1 aromatic carbocycles. The molecule has 29 heavy (non-hydrogen) atoms. The van der Waals surface area contributed by atoms with E-state index in [4.69, 9.17) is 14.2 Å². The molecule has 2 aliphatic rings. The SMILES string of the molecule is COc1ccc([C@@]23CCC(OC(=O)c4cccnc4)=C[C@@H]2N(C)CC3)cc1OC. The summed E-state index contributed by atoms with van der Waals surface area (Å²) in [5.74, 6) is 1.84. The Morgan fingerprint density at radius 1 is 1.17 bits per heavy atom. The van der Waals surface area contributed by atoms with Gasteiger partial charge in [0.15, 0.2) is 11.5 Å². The summed E-state index contributed by atoms with van der Waals surface area (Å²) in [5, 5.41) is 0. The van der Waals surface area contributed by atoms with Crippen molar-refractivity contribution in [3.05, 3.63) is 65.7 Å². The maximum Gasteiger partial charge on any atom is 0.344 e. The number of methoxy groups -OCH3 is 2. The molecule has 0 bridgehead atoms. The van der Waals surface area contributed by atoms with Crippen LogP contribution in [-0.4, -0.2) is 49.7 Å². The van der Waals surface area contributed by atoms with Crippen molar-refractivity contribution in [1.29, 1.82) is 0 Å². The molecule has 2 heterocycles. The van der Waals surface area contributed by atoms with Crippen molar-refractivity contribution in [2.24, 2.45) is 0 Å². The van der Waals surface area contributed by atoms with E-state index in [-0.39, 0.29) is 17.4 Å². The van der Waals surface area contributed by atoms with Gasteiger partial charge in [-0.1, -0.05) is 6.07 Å². The van der Waals surface area contributed by atoms with Gasteiger partial charge in [0.25, 0.3) is 0 Å². The van der Waals surface area contributed by atoms with Gasteiger partial charge in [0.2, 0.25) is 0 Å². The van der Waals surface area contributed by atoms with Crippen LogP contribution in [0, 0.1) is 0 Å². The molecule has 0 radical (unpaired) electrons. The number of benzene rings is 1. The van der Waals surface area contributed by atoms with Crippen molar-refractivity contribution >= 4 is 5.97 Å². The van der Waals surface area contributed by atoms with Gasteiger partial charge < -0.3 is 14.2 Å². The largest absolute Gasteiger partial charge is 0.493 e. The van der Waals surface area contributed by atoms with Gasteiger partial charge in [-0.15, -0.1) is 0 Å². The van der Waals surface area contributed by atoms with Gasteiger partial charge in [0.1, 0.15) is 5.76 Å². The molecule has 1 saturated heterocycles. The van der Waals surface area contributed by atoms with Crippen LogP contribution in [0.3, 0.4) is 0 Å². The molecule has 2 aromatic rings. The molecule has 0 N–H and O–H groups in total. The average Bonchev–Trinajstić information content (AvgIpc) is 3.11. The monoisotopic (exact) mass is 394 g/mol. The number of nitrogens with zero attached hydrogens (tertiary/aromatic N) is 2. The van der Waals surface area contributed by atoms with Crippen molar-refractivity contribution in [3.63, 3.8) is 0 Å². The number of pyridine rings is 1. The van der Waals surface area contributed by atoms with Gasteiger partial charge in [0, 0.05) is 30.3 Å². The number of likely N-dealkylation sites (tertiary alicyclic amines) is 1. The standard InChI is InChI=1S/C23H26N2O4/c1-25-12-10-23(17-6-7-19(27-2)20(13-17)28-3)9-8-18(14-21(23)25)29-22(26)16-5-4-11-24-15-16/h4-7,11,13-15,21H,8-10,12H2,1-3H3/t21-,23-/m0/s1. The third-order valence-electron chi connectivity index (χ3n) is 6.19. The van der Waals surface area contributed by atoms with Gasteiger partial charge in [-0.2, -0.15) is 0 Å². The fraction of sp³-hybridized carbons (Fsp3) is 0.391. The summed E-state index contributed by atoms with van der Waals surface area (Å²) in [6.07, 6.45) is 7.95. The Bertz CT molecular complexity index is 928. The van der Waals surface area contributed by atoms with E-state index >= 15 is 0 Å². The number of hydrogen-bond acceptors (Lipinski definition) is 6. The Morgan fingerprint density at radius 3 is 2.72 bits per heavy atom. The molecule has 1 fully saturated rings. The molecule has 2 atom stereocenters. The second-order valence-corrected chi connectivity index (χ2v) is 7.67. The summed E-state index contributed by atoms with van der Waals surface area (Å²) in [6, 6.07) is 9.80. The van der Waals surface area contributed by atoms with E-state index in [1.54, 1.807) is 32.5 Å². The molecule has 1 aliphatic carbocycles. The third kappa shape index (κ3) is 3.49. The number of aromatic nitrogens is 1. The van der Waals surface area contributed by atoms with Gasteiger partial charge in [0.05, 0.1) is 19.8 Å². The minimum atomic E-state index is -0.358. The predicted molar refractivity (Wildman–Crippen MR) is 109 cm³/mol. The minimum absolute atomic E-state index is 0.0293. The number of allylic oxidation sites excluding steroid dienone is 1. The molecule has 1 aromatic heterocycles. The lowest BCUT2D eigenvalue weighted by molar-refractivity contribution is 0.0593. The second-order valence-electron chi connectivity index (χ2n) is 7.67. The Kier molecular flexibility index (Phi) is 5.28. The highest BCUT2D eigenvalue weighted by Crippen LogP contribution is 2.49. The third-order valence-corrected chi connectivity index (χ3v) is 6.19. The Hall–Kier alpha value is -2.86. The summed E-state index contributed by atoms with van der Waals surface area (Å²) in [7, 11) is 5.43. The second kappa shape index (κ2) is 7.87. The Balaban J connectivity index is 1.62. The molecule has 0 spiro atoms. The van der Waals surface area contributed by atoms with Crippen LogP contribution in [0.4, 0.5) is 0 Å². The maximum atomic E-state index is 12.4. The smallest absolute Gasteiger partial charge is 0.344 e. The van der Waals surface area contributed by atoms with Crippen LogP contribution in [-0.2, 0) is 10.2 Å². The first-order valence-corrected chi connectivity index (χ1v) is 9.83. The highest BCUT2D eigenvalue weighted by molar-refractivity contribution is 5.89. The predicted octanol–water partition coefficient (Wildman–Crippen LogP) is 3.58. The fourth-order valence-corrected chi connectivity index (χ4v) is 4.60. The van der Waals surface area contributed by atoms with Crippen molar-refractivity contribution in [2.45, 2.75) is 30.7 Å². The van der Waals surface area contributed by atoms with Crippen LogP contribution in [0.1, 0.15) is 35.2 Å². The summed E-state index contributed by atoms with van der Waals surface area (Å²) in [6.45, 7) is 0.985. The van der Waals surface area contributed by atoms with Crippen LogP contribution in [0.25, 0.3) is 0 Å². The van der Waals surface area contributed by atoms with Gasteiger partial charge in [-0.25, -0.2) is 4.79 Å². The lowest BCUT2D eigenvalue weighted by Crippen LogP contribution is -2.42. The van der Waals surface area contributed by atoms with Gasteiger partial charge in [-0.3, -0.25) is 9.88 Å². The zero-order chi connectivity index (χ0) is 20.4. The number of carbonyl (C=O) groups excluding carboxylic acids is 1. The van der Waals surface area contributed by atoms with E-state index in [1.165, 1.54) is 11.8 Å². The maximum absolute atomic E-state index is 12.4. The molecule has 0 saturated carbocycles. The molecule has 152 valence electrons. The molecule has 1 aliphatic heterocycles. The first kappa shape index (κ1) is 19.5. The lowest BCUT2D eigenvalue weighted by atomic mass is 9.68. The molecule has 6 heteroatoms. The zero-order valence-electron chi connectivity index (χ0n) is 17.1. The molecular formula is C23H26N2O4.